The van der Waals surface area contributed by atoms with E-state index in [4.69, 9.17) is 5.73 Å². The fourth-order valence-corrected chi connectivity index (χ4v) is 6.21. The molecule has 1 aromatic carbocycles. The van der Waals surface area contributed by atoms with Gasteiger partial charge in [0, 0.05) is 15.8 Å². The number of benzene rings is 1. The van der Waals surface area contributed by atoms with E-state index in [-0.39, 0.29) is 0 Å². The molecule has 5 rings (SSSR count). The first-order valence-electron chi connectivity index (χ1n) is 7.30. The summed E-state index contributed by atoms with van der Waals surface area (Å²) in [6.45, 7) is 0. The molecule has 0 aromatic heterocycles. The van der Waals surface area contributed by atoms with E-state index in [1.807, 2.05) is 12.1 Å². The first-order valence-corrected chi connectivity index (χ1v) is 8.18. The van der Waals surface area contributed by atoms with Crippen molar-refractivity contribution in [1.82, 2.24) is 0 Å². The minimum Gasteiger partial charge on any atom is -0.399 e. The van der Waals surface area contributed by atoms with Gasteiger partial charge in [0.1, 0.15) is 0 Å². The fourth-order valence-electron chi connectivity index (χ4n) is 4.77. The van der Waals surface area contributed by atoms with Crippen LogP contribution in [0.25, 0.3) is 0 Å². The van der Waals surface area contributed by atoms with Crippen molar-refractivity contribution in [3.8, 4) is 0 Å². The highest BCUT2D eigenvalue weighted by atomic mass is 32.2. The molecule has 2 heteroatoms. The third-order valence-electron chi connectivity index (χ3n) is 5.29. The van der Waals surface area contributed by atoms with Crippen LogP contribution in [0.2, 0.25) is 0 Å². The number of rotatable bonds is 2. The summed E-state index contributed by atoms with van der Waals surface area (Å²) in [6.07, 6.45) is 7.60. The lowest BCUT2D eigenvalue weighted by atomic mass is 9.56. The van der Waals surface area contributed by atoms with Crippen LogP contribution in [0.3, 0.4) is 0 Å². The molecule has 0 heterocycles. The summed E-state index contributed by atoms with van der Waals surface area (Å²) in [4.78, 5) is 1.42. The van der Waals surface area contributed by atoms with Crippen molar-refractivity contribution in [3.63, 3.8) is 0 Å². The second kappa shape index (κ2) is 4.19. The van der Waals surface area contributed by atoms with Crippen LogP contribution in [0.5, 0.6) is 0 Å². The molecule has 4 fully saturated rings. The molecule has 0 spiro atoms. The van der Waals surface area contributed by atoms with Crippen molar-refractivity contribution in [2.45, 2.75) is 42.2 Å². The van der Waals surface area contributed by atoms with E-state index < -0.39 is 0 Å². The molecule has 0 radical (unpaired) electrons. The molecular weight excluding hydrogens is 238 g/mol. The van der Waals surface area contributed by atoms with Crippen molar-refractivity contribution in [2.75, 3.05) is 5.73 Å². The molecule has 0 unspecified atom stereocenters. The summed E-state index contributed by atoms with van der Waals surface area (Å²) in [5.74, 6) is 4.17. The summed E-state index contributed by atoms with van der Waals surface area (Å²) < 4.78 is 0. The highest BCUT2D eigenvalue weighted by Crippen LogP contribution is 2.57. The Balaban J connectivity index is 1.53. The van der Waals surface area contributed by atoms with Crippen molar-refractivity contribution in [1.29, 1.82) is 0 Å². The van der Waals surface area contributed by atoms with Gasteiger partial charge in [0.05, 0.1) is 0 Å². The summed E-state index contributed by atoms with van der Waals surface area (Å²) >= 11 is 2.13. The van der Waals surface area contributed by atoms with Gasteiger partial charge in [0.25, 0.3) is 0 Å². The molecule has 96 valence electrons. The predicted octanol–water partition coefficient (Wildman–Crippen LogP) is 4.19. The minimum atomic E-state index is 0.879. The standard InChI is InChI=1S/C16H21NS/c17-14-1-3-15(4-2-14)18-16-12-6-10-5-11(8-12)9-13(16)7-10/h1-4,10-13,16H,5-9,17H2. The quantitative estimate of drug-likeness (QED) is 0.806. The van der Waals surface area contributed by atoms with Crippen LogP contribution in [0.15, 0.2) is 29.2 Å². The molecule has 0 amide bonds. The zero-order valence-electron chi connectivity index (χ0n) is 10.7. The lowest BCUT2D eigenvalue weighted by molar-refractivity contribution is 0.0267. The summed E-state index contributed by atoms with van der Waals surface area (Å²) in [6, 6.07) is 8.48. The fraction of sp³-hybridized carbons (Fsp3) is 0.625. The van der Waals surface area contributed by atoms with Crippen LogP contribution < -0.4 is 5.73 Å². The maximum absolute atomic E-state index is 5.77. The Kier molecular flexibility index (Phi) is 2.61. The number of thioether (sulfide) groups is 1. The Morgan fingerprint density at radius 2 is 1.39 bits per heavy atom. The van der Waals surface area contributed by atoms with E-state index in [9.17, 15) is 0 Å². The number of anilines is 1. The van der Waals surface area contributed by atoms with Crippen LogP contribution in [0.1, 0.15) is 32.1 Å². The molecule has 2 N–H and O–H groups in total. The maximum atomic E-state index is 5.77. The molecule has 4 aliphatic rings. The molecule has 4 aliphatic carbocycles. The van der Waals surface area contributed by atoms with Gasteiger partial charge in [0.2, 0.25) is 0 Å². The highest BCUT2D eigenvalue weighted by molar-refractivity contribution is 8.00. The topological polar surface area (TPSA) is 26.0 Å². The van der Waals surface area contributed by atoms with Crippen LogP contribution in [-0.2, 0) is 0 Å². The van der Waals surface area contributed by atoms with Crippen molar-refractivity contribution < 1.29 is 0 Å². The molecular formula is C16H21NS. The van der Waals surface area contributed by atoms with Crippen LogP contribution in [0.4, 0.5) is 5.69 Å². The van der Waals surface area contributed by atoms with Crippen LogP contribution >= 0.6 is 11.8 Å². The van der Waals surface area contributed by atoms with E-state index >= 15 is 0 Å². The Hall–Kier alpha value is -0.630. The second-order valence-electron chi connectivity index (χ2n) is 6.58. The van der Waals surface area contributed by atoms with Gasteiger partial charge in [-0.15, -0.1) is 11.8 Å². The van der Waals surface area contributed by atoms with Gasteiger partial charge < -0.3 is 5.73 Å². The van der Waals surface area contributed by atoms with Gasteiger partial charge in [-0.3, -0.25) is 0 Å². The maximum Gasteiger partial charge on any atom is 0.0314 e. The largest absolute Gasteiger partial charge is 0.399 e. The lowest BCUT2D eigenvalue weighted by Crippen LogP contribution is -2.46. The predicted molar refractivity (Wildman–Crippen MR) is 77.5 cm³/mol. The Labute approximate surface area is 114 Å². The van der Waals surface area contributed by atoms with Gasteiger partial charge in [0.15, 0.2) is 0 Å². The SMILES string of the molecule is Nc1ccc(SC2C3CC4CC(C3)CC2C4)cc1. The number of nitrogen functional groups attached to an aromatic ring is 1. The van der Waals surface area contributed by atoms with Crippen molar-refractivity contribution >= 4 is 17.4 Å². The molecule has 4 bridgehead atoms. The van der Waals surface area contributed by atoms with E-state index in [0.29, 0.717) is 0 Å². The van der Waals surface area contributed by atoms with E-state index in [1.54, 1.807) is 6.42 Å². The van der Waals surface area contributed by atoms with Gasteiger partial charge >= 0.3 is 0 Å². The molecule has 18 heavy (non-hydrogen) atoms. The average molecular weight is 259 g/mol. The van der Waals surface area contributed by atoms with Crippen molar-refractivity contribution in [2.24, 2.45) is 23.7 Å². The minimum absolute atomic E-state index is 0.879. The third kappa shape index (κ3) is 1.85. The first kappa shape index (κ1) is 11.2. The molecule has 0 saturated heterocycles. The first-order chi connectivity index (χ1) is 8.78. The summed E-state index contributed by atoms with van der Waals surface area (Å²) in [5.41, 5.74) is 6.65. The number of nitrogens with two attached hydrogens (primary N) is 1. The normalized spacial score (nSPS) is 41.2. The van der Waals surface area contributed by atoms with Crippen LogP contribution in [-0.4, -0.2) is 5.25 Å². The van der Waals surface area contributed by atoms with Gasteiger partial charge in [-0.05, 0) is 80.0 Å². The molecule has 0 aliphatic heterocycles. The monoisotopic (exact) mass is 259 g/mol. The second-order valence-corrected chi connectivity index (χ2v) is 7.83. The lowest BCUT2D eigenvalue weighted by Gasteiger charge is -2.54. The Morgan fingerprint density at radius 1 is 0.833 bits per heavy atom. The zero-order chi connectivity index (χ0) is 12.1. The van der Waals surface area contributed by atoms with Crippen molar-refractivity contribution in [3.05, 3.63) is 24.3 Å². The zero-order valence-corrected chi connectivity index (χ0v) is 11.5. The molecule has 4 saturated carbocycles. The number of hydrogen-bond acceptors (Lipinski definition) is 2. The molecule has 0 atom stereocenters. The highest BCUT2D eigenvalue weighted by Gasteiger charge is 2.48. The summed E-state index contributed by atoms with van der Waals surface area (Å²) in [7, 11) is 0. The Bertz CT molecular complexity index is 411. The third-order valence-corrected chi connectivity index (χ3v) is 6.88. The van der Waals surface area contributed by atoms with Gasteiger partial charge in [-0.25, -0.2) is 0 Å². The van der Waals surface area contributed by atoms with E-state index in [0.717, 1.165) is 34.6 Å². The van der Waals surface area contributed by atoms with Gasteiger partial charge in [-0.1, -0.05) is 0 Å². The van der Waals surface area contributed by atoms with E-state index in [2.05, 4.69) is 23.9 Å². The van der Waals surface area contributed by atoms with E-state index in [1.165, 1.54) is 30.6 Å². The van der Waals surface area contributed by atoms with Crippen LogP contribution in [0, 0.1) is 23.7 Å². The smallest absolute Gasteiger partial charge is 0.0314 e. The number of hydrogen-bond donors (Lipinski definition) is 1. The molecule has 1 nitrogen and oxygen atoms in total. The summed E-state index contributed by atoms with van der Waals surface area (Å²) in [5, 5.41) is 0.890. The Morgan fingerprint density at radius 3 is 1.94 bits per heavy atom. The van der Waals surface area contributed by atoms with Gasteiger partial charge in [-0.2, -0.15) is 0 Å². The average Bonchev–Trinajstić information content (AvgIpc) is 2.35. The molecule has 1 aromatic rings.